The molecule has 0 unspecified atom stereocenters. The summed E-state index contributed by atoms with van der Waals surface area (Å²) in [5, 5.41) is 3.39. The summed E-state index contributed by atoms with van der Waals surface area (Å²) >= 11 is 0. The van der Waals surface area contributed by atoms with Crippen LogP contribution >= 0.6 is 0 Å². The second-order valence-electron chi connectivity index (χ2n) is 3.41. The van der Waals surface area contributed by atoms with Crippen molar-refractivity contribution >= 4 is 5.97 Å². The van der Waals surface area contributed by atoms with Crippen molar-refractivity contribution in [3.63, 3.8) is 0 Å². The number of nitrogens with one attached hydrogen (secondary N) is 1. The predicted molar refractivity (Wildman–Crippen MR) is 69.5 cm³/mol. The molecule has 0 radical (unpaired) electrons. The van der Waals surface area contributed by atoms with Gasteiger partial charge in [-0.2, -0.15) is 0 Å². The van der Waals surface area contributed by atoms with Crippen LogP contribution in [0, 0.1) is 0 Å². The van der Waals surface area contributed by atoms with Gasteiger partial charge in [0.05, 0.1) is 6.61 Å². The van der Waals surface area contributed by atoms with E-state index in [0.717, 1.165) is 6.08 Å². The van der Waals surface area contributed by atoms with Crippen LogP contribution in [0.2, 0.25) is 0 Å². The highest BCUT2D eigenvalue weighted by Crippen LogP contribution is 1.85. The highest BCUT2D eigenvalue weighted by Gasteiger charge is 1.86. The van der Waals surface area contributed by atoms with Gasteiger partial charge < -0.3 is 10.1 Å². The van der Waals surface area contributed by atoms with E-state index in [-0.39, 0.29) is 5.97 Å². The predicted octanol–water partition coefficient (Wildman–Crippen LogP) is 2.91. The quantitative estimate of drug-likeness (QED) is 0.395. The van der Waals surface area contributed by atoms with E-state index in [1.807, 2.05) is 0 Å². The normalized spacial score (nSPS) is 8.94. The Morgan fingerprint density at radius 3 is 1.94 bits per heavy atom. The SMILES string of the molecule is C=CC(=O)OCC.CCCCNCCCC. The van der Waals surface area contributed by atoms with E-state index in [2.05, 4.69) is 30.5 Å². The van der Waals surface area contributed by atoms with Crippen LogP contribution in [0.5, 0.6) is 0 Å². The lowest BCUT2D eigenvalue weighted by atomic mass is 10.3. The summed E-state index contributed by atoms with van der Waals surface area (Å²) in [6, 6.07) is 0. The van der Waals surface area contributed by atoms with Crippen molar-refractivity contribution in [3.05, 3.63) is 12.7 Å². The smallest absolute Gasteiger partial charge is 0.330 e. The number of carbonyl (C=O) groups excluding carboxylic acids is 1. The molecule has 0 aliphatic heterocycles. The van der Waals surface area contributed by atoms with Crippen molar-refractivity contribution < 1.29 is 9.53 Å². The lowest BCUT2D eigenvalue weighted by molar-refractivity contribution is -0.137. The molecule has 0 aromatic carbocycles. The zero-order valence-corrected chi connectivity index (χ0v) is 11.1. The number of carbonyl (C=O) groups is 1. The summed E-state index contributed by atoms with van der Waals surface area (Å²) in [7, 11) is 0. The summed E-state index contributed by atoms with van der Waals surface area (Å²) in [6.07, 6.45) is 6.40. The Bertz CT molecular complexity index is 152. The van der Waals surface area contributed by atoms with Gasteiger partial charge in [0.25, 0.3) is 0 Å². The van der Waals surface area contributed by atoms with Crippen LogP contribution in [0.4, 0.5) is 0 Å². The summed E-state index contributed by atoms with van der Waals surface area (Å²) in [4.78, 5) is 10.1. The molecule has 96 valence electrons. The van der Waals surface area contributed by atoms with Crippen molar-refractivity contribution in [3.8, 4) is 0 Å². The van der Waals surface area contributed by atoms with Crippen molar-refractivity contribution in [1.29, 1.82) is 0 Å². The Balaban J connectivity index is 0. The number of hydrogen-bond acceptors (Lipinski definition) is 3. The molecule has 3 heteroatoms. The van der Waals surface area contributed by atoms with Gasteiger partial charge >= 0.3 is 5.97 Å². The number of rotatable bonds is 8. The Labute approximate surface area is 100 Å². The zero-order chi connectivity index (χ0) is 12.6. The Morgan fingerprint density at radius 2 is 1.69 bits per heavy atom. The van der Waals surface area contributed by atoms with Gasteiger partial charge in [0.1, 0.15) is 0 Å². The summed E-state index contributed by atoms with van der Waals surface area (Å²) < 4.78 is 4.43. The number of hydrogen-bond donors (Lipinski definition) is 1. The molecular weight excluding hydrogens is 202 g/mol. The lowest BCUT2D eigenvalue weighted by Crippen LogP contribution is -2.15. The first kappa shape index (κ1) is 17.6. The molecule has 0 rings (SSSR count). The summed E-state index contributed by atoms with van der Waals surface area (Å²) in [5.74, 6) is -0.359. The minimum absolute atomic E-state index is 0.359. The van der Waals surface area contributed by atoms with Gasteiger partial charge in [0, 0.05) is 6.08 Å². The molecule has 0 aromatic heterocycles. The molecule has 16 heavy (non-hydrogen) atoms. The van der Waals surface area contributed by atoms with Crippen LogP contribution in [0.25, 0.3) is 0 Å². The van der Waals surface area contributed by atoms with Gasteiger partial charge in [-0.1, -0.05) is 33.3 Å². The van der Waals surface area contributed by atoms with Crippen molar-refractivity contribution in [1.82, 2.24) is 5.32 Å². The maximum Gasteiger partial charge on any atom is 0.330 e. The van der Waals surface area contributed by atoms with E-state index < -0.39 is 0 Å². The molecule has 0 atom stereocenters. The van der Waals surface area contributed by atoms with Gasteiger partial charge in [-0.15, -0.1) is 0 Å². The lowest BCUT2D eigenvalue weighted by Gasteiger charge is -1.99. The van der Waals surface area contributed by atoms with Crippen molar-refractivity contribution in [2.75, 3.05) is 19.7 Å². The number of ether oxygens (including phenoxy) is 1. The molecule has 1 N–H and O–H groups in total. The number of unbranched alkanes of at least 4 members (excludes halogenated alkanes) is 2. The first-order valence-electron chi connectivity index (χ1n) is 6.22. The van der Waals surface area contributed by atoms with E-state index in [1.165, 1.54) is 38.8 Å². The average molecular weight is 229 g/mol. The molecule has 0 spiro atoms. The maximum atomic E-state index is 10.1. The van der Waals surface area contributed by atoms with Crippen LogP contribution < -0.4 is 5.32 Å². The molecule has 0 fully saturated rings. The fourth-order valence-electron chi connectivity index (χ4n) is 0.930. The molecular formula is C13H27NO2. The van der Waals surface area contributed by atoms with Crippen LogP contribution in [0.3, 0.4) is 0 Å². The van der Waals surface area contributed by atoms with Crippen LogP contribution in [0.1, 0.15) is 46.5 Å². The zero-order valence-electron chi connectivity index (χ0n) is 11.1. The molecule has 0 bridgehead atoms. The van der Waals surface area contributed by atoms with Gasteiger partial charge in [-0.3, -0.25) is 0 Å². The minimum atomic E-state index is -0.359. The van der Waals surface area contributed by atoms with E-state index in [0.29, 0.717) is 6.61 Å². The Hall–Kier alpha value is -0.830. The fraction of sp³-hybridized carbons (Fsp3) is 0.769. The molecule has 3 nitrogen and oxygen atoms in total. The van der Waals surface area contributed by atoms with Crippen LogP contribution in [0.15, 0.2) is 12.7 Å². The summed E-state index contributed by atoms with van der Waals surface area (Å²) in [6.45, 7) is 12.2. The highest BCUT2D eigenvalue weighted by atomic mass is 16.5. The third-order valence-corrected chi connectivity index (χ3v) is 1.87. The molecule has 0 aliphatic rings. The van der Waals surface area contributed by atoms with Crippen molar-refractivity contribution in [2.45, 2.75) is 46.5 Å². The molecule has 0 saturated carbocycles. The average Bonchev–Trinajstić information content (AvgIpc) is 2.30. The highest BCUT2D eigenvalue weighted by molar-refractivity contribution is 5.81. The van der Waals surface area contributed by atoms with Crippen molar-refractivity contribution in [2.24, 2.45) is 0 Å². The largest absolute Gasteiger partial charge is 0.463 e. The molecule has 0 heterocycles. The first-order valence-corrected chi connectivity index (χ1v) is 6.22. The second kappa shape index (κ2) is 16.6. The van der Waals surface area contributed by atoms with E-state index in [1.54, 1.807) is 6.92 Å². The van der Waals surface area contributed by atoms with E-state index in [4.69, 9.17) is 0 Å². The monoisotopic (exact) mass is 229 g/mol. The molecule has 0 aromatic rings. The van der Waals surface area contributed by atoms with Crippen LogP contribution in [-0.2, 0) is 9.53 Å². The summed E-state index contributed by atoms with van der Waals surface area (Å²) in [5.41, 5.74) is 0. The minimum Gasteiger partial charge on any atom is -0.463 e. The van der Waals surface area contributed by atoms with Gasteiger partial charge in [0.15, 0.2) is 0 Å². The molecule has 0 amide bonds. The van der Waals surface area contributed by atoms with Gasteiger partial charge in [0.2, 0.25) is 0 Å². The third kappa shape index (κ3) is 18.9. The third-order valence-electron chi connectivity index (χ3n) is 1.87. The van der Waals surface area contributed by atoms with Gasteiger partial charge in [-0.25, -0.2) is 4.79 Å². The van der Waals surface area contributed by atoms with E-state index >= 15 is 0 Å². The molecule has 0 aliphatic carbocycles. The van der Waals surface area contributed by atoms with E-state index in [9.17, 15) is 4.79 Å². The standard InChI is InChI=1S/C8H19N.C5H8O2/c1-3-5-7-9-8-6-4-2;1-3-5(6)7-4-2/h9H,3-8H2,1-2H3;3H,1,4H2,2H3. The number of esters is 1. The topological polar surface area (TPSA) is 38.3 Å². The van der Waals surface area contributed by atoms with Crippen LogP contribution in [-0.4, -0.2) is 25.7 Å². The van der Waals surface area contributed by atoms with Gasteiger partial charge in [-0.05, 0) is 32.9 Å². The Kier molecular flexibility index (Phi) is 18.2. The second-order valence-corrected chi connectivity index (χ2v) is 3.41. The maximum absolute atomic E-state index is 10.1. The Morgan fingerprint density at radius 1 is 1.19 bits per heavy atom. The molecule has 0 saturated heterocycles. The first-order chi connectivity index (χ1) is 7.72. The fourth-order valence-corrected chi connectivity index (χ4v) is 0.930.